The molecule has 0 aliphatic carbocycles. The van der Waals surface area contributed by atoms with Gasteiger partial charge in [0.25, 0.3) is 0 Å². The Balaban J connectivity index is 1.86. The van der Waals surface area contributed by atoms with Gasteiger partial charge in [-0.05, 0) is 13.0 Å². The van der Waals surface area contributed by atoms with Crippen molar-refractivity contribution < 1.29 is 4.79 Å². The Labute approximate surface area is 109 Å². The number of nitrogens with one attached hydrogen (secondary N) is 2. The Bertz CT molecular complexity index is 685. The predicted octanol–water partition coefficient (Wildman–Crippen LogP) is 1.90. The molecule has 1 aromatic heterocycles. The first-order chi connectivity index (χ1) is 9.24. The smallest absolute Gasteiger partial charge is 0.358 e. The highest BCUT2D eigenvalue weighted by Crippen LogP contribution is 2.15. The fraction of sp³-hybridized carbons (Fsp3) is 0.154. The first kappa shape index (κ1) is 11.5. The maximum atomic E-state index is 11.5. The summed E-state index contributed by atoms with van der Waals surface area (Å²) in [6.07, 6.45) is 3.55. The van der Waals surface area contributed by atoms with E-state index in [9.17, 15) is 4.79 Å². The van der Waals surface area contributed by atoms with Gasteiger partial charge in [-0.1, -0.05) is 18.2 Å². The van der Waals surface area contributed by atoms with E-state index in [1.165, 1.54) is 5.01 Å². The summed E-state index contributed by atoms with van der Waals surface area (Å²) in [5.74, 6) is 0. The van der Waals surface area contributed by atoms with E-state index < -0.39 is 0 Å². The highest BCUT2D eigenvalue weighted by atomic mass is 16.2. The Morgan fingerprint density at radius 2 is 2.26 bits per heavy atom. The number of H-pyrrole nitrogens is 1. The van der Waals surface area contributed by atoms with Crippen LogP contribution in [0.3, 0.4) is 0 Å². The number of hydrazone groups is 2. The van der Waals surface area contributed by atoms with Crippen molar-refractivity contribution in [1.29, 1.82) is 0 Å². The highest BCUT2D eigenvalue weighted by molar-refractivity contribution is 5.99. The number of hydrogen-bond acceptors (Lipinski definition) is 3. The zero-order valence-electron chi connectivity index (χ0n) is 10.4. The van der Waals surface area contributed by atoms with Crippen LogP contribution in [0.1, 0.15) is 12.5 Å². The average molecular weight is 255 g/mol. The molecule has 1 aliphatic heterocycles. The molecule has 2 amide bonds. The molecular formula is C13H13N5O. The Kier molecular flexibility index (Phi) is 2.75. The van der Waals surface area contributed by atoms with Gasteiger partial charge in [0.15, 0.2) is 0 Å². The van der Waals surface area contributed by atoms with E-state index in [1.54, 1.807) is 6.21 Å². The summed E-state index contributed by atoms with van der Waals surface area (Å²) in [5.41, 5.74) is 5.21. The Hall–Kier alpha value is -2.63. The summed E-state index contributed by atoms with van der Waals surface area (Å²) >= 11 is 0. The predicted molar refractivity (Wildman–Crippen MR) is 74.2 cm³/mol. The largest absolute Gasteiger partial charge is 0.361 e. The first-order valence-electron chi connectivity index (χ1n) is 5.95. The van der Waals surface area contributed by atoms with Crippen LogP contribution in [0, 0.1) is 0 Å². The molecule has 0 bridgehead atoms. The number of urea groups is 1. The Morgan fingerprint density at radius 1 is 1.42 bits per heavy atom. The molecule has 0 atom stereocenters. The number of carbonyl (C=O) groups is 1. The second-order valence-electron chi connectivity index (χ2n) is 4.36. The number of aromatic nitrogens is 1. The number of benzene rings is 1. The summed E-state index contributed by atoms with van der Waals surface area (Å²) in [6, 6.07) is 7.63. The van der Waals surface area contributed by atoms with Crippen molar-refractivity contribution in [3.8, 4) is 0 Å². The zero-order chi connectivity index (χ0) is 13.2. The molecule has 2 N–H and O–H groups in total. The van der Waals surface area contributed by atoms with Crippen molar-refractivity contribution in [2.45, 2.75) is 6.92 Å². The molecule has 0 saturated carbocycles. The van der Waals surface area contributed by atoms with Crippen LogP contribution < -0.4 is 5.43 Å². The lowest BCUT2D eigenvalue weighted by Gasteiger charge is -2.20. The third-order valence-corrected chi connectivity index (χ3v) is 2.91. The van der Waals surface area contributed by atoms with Gasteiger partial charge in [-0.3, -0.25) is 0 Å². The lowest BCUT2D eigenvalue weighted by Crippen LogP contribution is -2.42. The molecule has 96 valence electrons. The first-order valence-corrected chi connectivity index (χ1v) is 5.95. The average Bonchev–Trinajstić information content (AvgIpc) is 2.83. The van der Waals surface area contributed by atoms with Crippen molar-refractivity contribution in [3.63, 3.8) is 0 Å². The van der Waals surface area contributed by atoms with Gasteiger partial charge < -0.3 is 4.98 Å². The van der Waals surface area contributed by atoms with Crippen LogP contribution in [-0.2, 0) is 0 Å². The lowest BCUT2D eigenvalue weighted by atomic mass is 10.2. The number of fused-ring (bicyclic) bond motifs is 1. The van der Waals surface area contributed by atoms with Gasteiger partial charge in [0.2, 0.25) is 0 Å². The topological polar surface area (TPSA) is 72.8 Å². The molecule has 0 spiro atoms. The second kappa shape index (κ2) is 4.56. The van der Waals surface area contributed by atoms with Gasteiger partial charge in [0.1, 0.15) is 0 Å². The van der Waals surface area contributed by atoms with Crippen LogP contribution in [0.25, 0.3) is 10.9 Å². The van der Waals surface area contributed by atoms with Crippen LogP contribution in [0.5, 0.6) is 0 Å². The fourth-order valence-corrected chi connectivity index (χ4v) is 1.95. The number of carbonyl (C=O) groups excluding carboxylic acids is 1. The number of para-hydroxylation sites is 1. The van der Waals surface area contributed by atoms with Crippen LogP contribution in [-0.4, -0.2) is 34.5 Å². The number of nitrogens with zero attached hydrogens (tertiary/aromatic N) is 3. The van der Waals surface area contributed by atoms with E-state index in [1.807, 2.05) is 37.4 Å². The molecular weight excluding hydrogens is 242 g/mol. The number of aromatic amines is 1. The monoisotopic (exact) mass is 255 g/mol. The summed E-state index contributed by atoms with van der Waals surface area (Å²) in [7, 11) is 0. The summed E-state index contributed by atoms with van der Waals surface area (Å²) in [4.78, 5) is 14.7. The van der Waals surface area contributed by atoms with Crippen LogP contribution in [0.2, 0.25) is 0 Å². The van der Waals surface area contributed by atoms with E-state index in [0.29, 0.717) is 6.54 Å². The Morgan fingerprint density at radius 3 is 3.16 bits per heavy atom. The van der Waals surface area contributed by atoms with E-state index in [0.717, 1.165) is 22.2 Å². The van der Waals surface area contributed by atoms with Crippen molar-refractivity contribution in [3.05, 3.63) is 36.0 Å². The molecule has 1 aromatic carbocycles. The van der Waals surface area contributed by atoms with E-state index in [2.05, 4.69) is 20.6 Å². The van der Waals surface area contributed by atoms with Crippen LogP contribution >= 0.6 is 0 Å². The molecule has 2 heterocycles. The minimum atomic E-state index is -0.318. The third kappa shape index (κ3) is 2.20. The number of rotatable bonds is 2. The molecule has 6 heteroatoms. The van der Waals surface area contributed by atoms with Gasteiger partial charge in [-0.25, -0.2) is 15.2 Å². The van der Waals surface area contributed by atoms with Gasteiger partial charge in [0.05, 0.1) is 18.5 Å². The summed E-state index contributed by atoms with van der Waals surface area (Å²) < 4.78 is 0. The molecule has 6 nitrogen and oxygen atoms in total. The molecule has 1 aliphatic rings. The summed E-state index contributed by atoms with van der Waals surface area (Å²) in [5, 5.41) is 10.5. The molecule has 2 aromatic rings. The normalized spacial score (nSPS) is 15.9. The molecule has 0 fully saturated rings. The highest BCUT2D eigenvalue weighted by Gasteiger charge is 2.17. The van der Waals surface area contributed by atoms with Crippen LogP contribution in [0.4, 0.5) is 4.79 Å². The van der Waals surface area contributed by atoms with Gasteiger partial charge in [0, 0.05) is 22.7 Å². The quantitative estimate of drug-likeness (QED) is 0.790. The van der Waals surface area contributed by atoms with Gasteiger partial charge >= 0.3 is 6.03 Å². The van der Waals surface area contributed by atoms with Crippen molar-refractivity contribution >= 4 is 28.9 Å². The number of hydrogen-bond donors (Lipinski definition) is 2. The van der Waals surface area contributed by atoms with Crippen molar-refractivity contribution in [2.75, 3.05) is 6.54 Å². The van der Waals surface area contributed by atoms with Gasteiger partial charge in [-0.15, -0.1) is 0 Å². The zero-order valence-corrected chi connectivity index (χ0v) is 10.4. The van der Waals surface area contributed by atoms with E-state index in [-0.39, 0.29) is 6.03 Å². The standard InChI is InChI=1S/C13H13N5O/c1-9-8-18(13(19)17-16-9)15-7-10-6-14-12-5-3-2-4-11(10)12/h2-7,14H,8H2,1H3,(H,17,19). The van der Waals surface area contributed by atoms with Crippen LogP contribution in [0.15, 0.2) is 40.7 Å². The van der Waals surface area contributed by atoms with E-state index in [4.69, 9.17) is 0 Å². The second-order valence-corrected chi connectivity index (χ2v) is 4.36. The van der Waals surface area contributed by atoms with Crippen molar-refractivity contribution in [2.24, 2.45) is 10.2 Å². The SMILES string of the molecule is CC1=NNC(=O)N(N=Cc2c[nH]c3ccccc23)C1. The minimum absolute atomic E-state index is 0.318. The molecule has 19 heavy (non-hydrogen) atoms. The maximum absolute atomic E-state index is 11.5. The fourth-order valence-electron chi connectivity index (χ4n) is 1.95. The summed E-state index contributed by atoms with van der Waals surface area (Å²) in [6.45, 7) is 2.25. The molecule has 0 unspecified atom stereocenters. The molecule has 3 rings (SSSR count). The van der Waals surface area contributed by atoms with E-state index >= 15 is 0 Å². The maximum Gasteiger partial charge on any atom is 0.358 e. The lowest BCUT2D eigenvalue weighted by molar-refractivity contribution is 0.204. The molecule has 0 radical (unpaired) electrons. The van der Waals surface area contributed by atoms with Crippen molar-refractivity contribution in [1.82, 2.24) is 15.4 Å². The third-order valence-electron chi connectivity index (χ3n) is 2.91. The number of amides is 2. The molecule has 0 saturated heterocycles. The minimum Gasteiger partial charge on any atom is -0.361 e. The van der Waals surface area contributed by atoms with Gasteiger partial charge in [-0.2, -0.15) is 10.2 Å².